The average Bonchev–Trinajstić information content (AvgIpc) is 2.59. The molecule has 1 aromatic rings. The summed E-state index contributed by atoms with van der Waals surface area (Å²) in [6.45, 7) is 4.72. The summed E-state index contributed by atoms with van der Waals surface area (Å²) in [6.07, 6.45) is 2.86. The lowest BCUT2D eigenvalue weighted by molar-refractivity contribution is 0.0303. The molecule has 128 valence electrons. The number of nitrogens with one attached hydrogen (secondary N) is 1. The Kier molecular flexibility index (Phi) is 6.56. The van der Waals surface area contributed by atoms with Gasteiger partial charge in [0, 0.05) is 25.2 Å². The molecule has 0 bridgehead atoms. The van der Waals surface area contributed by atoms with Crippen LogP contribution in [-0.2, 0) is 14.8 Å². The maximum absolute atomic E-state index is 12.3. The molecule has 0 radical (unpaired) electrons. The molecule has 6 nitrogen and oxygen atoms in total. The van der Waals surface area contributed by atoms with Crippen molar-refractivity contribution in [3.63, 3.8) is 0 Å². The molecule has 1 N–H and O–H groups in total. The molecule has 0 unspecified atom stereocenters. The third-order valence-corrected chi connectivity index (χ3v) is 5.26. The van der Waals surface area contributed by atoms with Crippen molar-refractivity contribution in [3.05, 3.63) is 29.8 Å². The van der Waals surface area contributed by atoms with Crippen LogP contribution in [0.25, 0.3) is 0 Å². The number of carbonyl (C=O) groups excluding carboxylic acids is 1. The van der Waals surface area contributed by atoms with Gasteiger partial charge in [-0.3, -0.25) is 4.79 Å². The Hall–Kier alpha value is -1.44. The van der Waals surface area contributed by atoms with Gasteiger partial charge in [-0.1, -0.05) is 19.8 Å². The number of carbonyl (C=O) groups is 1. The van der Waals surface area contributed by atoms with Crippen LogP contribution in [0.2, 0.25) is 0 Å². The van der Waals surface area contributed by atoms with Gasteiger partial charge in [0.1, 0.15) is 0 Å². The number of sulfonamides is 1. The van der Waals surface area contributed by atoms with Crippen LogP contribution in [0.15, 0.2) is 29.2 Å². The normalized spacial score (nSPS) is 15.6. The second-order valence-corrected chi connectivity index (χ2v) is 7.30. The SMILES string of the molecule is CCCCCNS(=O)(=O)c1ccc(C(=O)N2CCOCC2)cc1. The first-order chi connectivity index (χ1) is 11.0. The molecule has 1 fully saturated rings. The summed E-state index contributed by atoms with van der Waals surface area (Å²) in [5.41, 5.74) is 0.497. The summed E-state index contributed by atoms with van der Waals surface area (Å²) in [7, 11) is -3.50. The summed E-state index contributed by atoms with van der Waals surface area (Å²) >= 11 is 0. The minimum atomic E-state index is -3.50. The first kappa shape index (κ1) is 17.9. The zero-order valence-electron chi connectivity index (χ0n) is 13.5. The fourth-order valence-corrected chi connectivity index (χ4v) is 3.46. The van der Waals surface area contributed by atoms with Gasteiger partial charge in [-0.25, -0.2) is 13.1 Å². The highest BCUT2D eigenvalue weighted by molar-refractivity contribution is 7.89. The second kappa shape index (κ2) is 8.42. The zero-order valence-corrected chi connectivity index (χ0v) is 14.3. The number of amides is 1. The highest BCUT2D eigenvalue weighted by Gasteiger charge is 2.19. The zero-order chi connectivity index (χ0) is 16.7. The standard InChI is InChI=1S/C16H24N2O4S/c1-2-3-4-9-17-23(20,21)15-7-5-14(6-8-15)16(19)18-10-12-22-13-11-18/h5-8,17H,2-4,9-13H2,1H3. The van der Waals surface area contributed by atoms with Crippen molar-refractivity contribution in [2.75, 3.05) is 32.8 Å². The number of hydrogen-bond acceptors (Lipinski definition) is 4. The molecule has 0 aliphatic carbocycles. The second-order valence-electron chi connectivity index (χ2n) is 5.53. The number of hydrogen-bond donors (Lipinski definition) is 1. The Morgan fingerprint density at radius 1 is 1.17 bits per heavy atom. The van der Waals surface area contributed by atoms with Gasteiger partial charge in [-0.2, -0.15) is 0 Å². The van der Waals surface area contributed by atoms with Crippen molar-refractivity contribution in [2.24, 2.45) is 0 Å². The highest BCUT2D eigenvalue weighted by atomic mass is 32.2. The van der Waals surface area contributed by atoms with Gasteiger partial charge in [0.05, 0.1) is 18.1 Å². The fraction of sp³-hybridized carbons (Fsp3) is 0.562. The number of morpholine rings is 1. The molecule has 0 spiro atoms. The molecular formula is C16H24N2O4S. The summed E-state index contributed by atoms with van der Waals surface area (Å²) in [5, 5.41) is 0. The lowest BCUT2D eigenvalue weighted by Gasteiger charge is -2.26. The van der Waals surface area contributed by atoms with E-state index in [-0.39, 0.29) is 10.8 Å². The number of unbranched alkanes of at least 4 members (excludes halogenated alkanes) is 2. The van der Waals surface area contributed by atoms with E-state index in [1.807, 2.05) is 0 Å². The van der Waals surface area contributed by atoms with Gasteiger partial charge < -0.3 is 9.64 Å². The molecule has 1 aliphatic heterocycles. The summed E-state index contributed by atoms with van der Waals surface area (Å²) in [5.74, 6) is -0.0897. The molecule has 2 rings (SSSR count). The van der Waals surface area contributed by atoms with Crippen molar-refractivity contribution >= 4 is 15.9 Å². The lowest BCUT2D eigenvalue weighted by Crippen LogP contribution is -2.40. The van der Waals surface area contributed by atoms with Gasteiger partial charge in [0.15, 0.2) is 0 Å². The quantitative estimate of drug-likeness (QED) is 0.766. The van der Waals surface area contributed by atoms with Crippen LogP contribution >= 0.6 is 0 Å². The van der Waals surface area contributed by atoms with Crippen LogP contribution < -0.4 is 4.72 Å². The van der Waals surface area contributed by atoms with E-state index >= 15 is 0 Å². The average molecular weight is 340 g/mol. The van der Waals surface area contributed by atoms with E-state index in [2.05, 4.69) is 11.6 Å². The molecule has 23 heavy (non-hydrogen) atoms. The summed E-state index contributed by atoms with van der Waals surface area (Å²) in [6, 6.07) is 6.10. The van der Waals surface area contributed by atoms with Crippen molar-refractivity contribution in [2.45, 2.75) is 31.1 Å². The third-order valence-electron chi connectivity index (χ3n) is 3.78. The monoisotopic (exact) mass is 340 g/mol. The van der Waals surface area contributed by atoms with Crippen molar-refractivity contribution in [1.82, 2.24) is 9.62 Å². The van der Waals surface area contributed by atoms with Crippen molar-refractivity contribution in [3.8, 4) is 0 Å². The third kappa shape index (κ3) is 5.02. The molecular weight excluding hydrogens is 316 g/mol. The van der Waals surface area contributed by atoms with Crippen LogP contribution in [0, 0.1) is 0 Å². The number of benzene rings is 1. The van der Waals surface area contributed by atoms with Gasteiger partial charge in [0.25, 0.3) is 5.91 Å². The van der Waals surface area contributed by atoms with E-state index in [4.69, 9.17) is 4.74 Å². The molecule has 7 heteroatoms. The molecule has 1 saturated heterocycles. The summed E-state index contributed by atoms with van der Waals surface area (Å²) in [4.78, 5) is 14.2. The van der Waals surface area contributed by atoms with E-state index in [0.717, 1.165) is 19.3 Å². The topological polar surface area (TPSA) is 75.7 Å². The van der Waals surface area contributed by atoms with Crippen LogP contribution in [0.3, 0.4) is 0 Å². The lowest BCUT2D eigenvalue weighted by atomic mass is 10.2. The number of nitrogens with zero attached hydrogens (tertiary/aromatic N) is 1. The van der Waals surface area contributed by atoms with Gasteiger partial charge in [0.2, 0.25) is 10.0 Å². The Morgan fingerprint density at radius 2 is 1.83 bits per heavy atom. The van der Waals surface area contributed by atoms with Gasteiger partial charge in [-0.05, 0) is 30.7 Å². The van der Waals surface area contributed by atoms with Crippen LogP contribution in [0.4, 0.5) is 0 Å². The van der Waals surface area contributed by atoms with Crippen LogP contribution in [0.5, 0.6) is 0 Å². The largest absolute Gasteiger partial charge is 0.378 e. The minimum Gasteiger partial charge on any atom is -0.378 e. The molecule has 1 heterocycles. The first-order valence-electron chi connectivity index (χ1n) is 8.01. The van der Waals surface area contributed by atoms with Crippen molar-refractivity contribution in [1.29, 1.82) is 0 Å². The summed E-state index contributed by atoms with van der Waals surface area (Å²) < 4.78 is 32.1. The Balaban J connectivity index is 1.99. The first-order valence-corrected chi connectivity index (χ1v) is 9.49. The predicted octanol–water partition coefficient (Wildman–Crippen LogP) is 1.63. The predicted molar refractivity (Wildman–Crippen MR) is 87.9 cm³/mol. The fourth-order valence-electron chi connectivity index (χ4n) is 2.39. The Bertz CT molecular complexity index is 607. The molecule has 0 atom stereocenters. The van der Waals surface area contributed by atoms with E-state index in [1.54, 1.807) is 17.0 Å². The minimum absolute atomic E-state index is 0.0897. The van der Waals surface area contributed by atoms with Crippen molar-refractivity contribution < 1.29 is 17.9 Å². The van der Waals surface area contributed by atoms with E-state index in [0.29, 0.717) is 38.4 Å². The Morgan fingerprint density at radius 3 is 2.43 bits per heavy atom. The molecule has 1 aliphatic rings. The van der Waals surface area contributed by atoms with Crippen LogP contribution in [0.1, 0.15) is 36.5 Å². The van der Waals surface area contributed by atoms with E-state index in [1.165, 1.54) is 12.1 Å². The molecule has 0 saturated carbocycles. The molecule has 1 amide bonds. The van der Waals surface area contributed by atoms with Gasteiger partial charge in [-0.15, -0.1) is 0 Å². The highest BCUT2D eigenvalue weighted by Crippen LogP contribution is 2.13. The maximum atomic E-state index is 12.3. The molecule has 0 aromatic heterocycles. The van der Waals surface area contributed by atoms with Gasteiger partial charge >= 0.3 is 0 Å². The van der Waals surface area contributed by atoms with E-state index < -0.39 is 10.0 Å². The van der Waals surface area contributed by atoms with E-state index in [9.17, 15) is 13.2 Å². The Labute approximate surface area is 137 Å². The number of ether oxygens (including phenoxy) is 1. The maximum Gasteiger partial charge on any atom is 0.254 e. The van der Waals surface area contributed by atoms with Crippen LogP contribution in [-0.4, -0.2) is 52.1 Å². The smallest absolute Gasteiger partial charge is 0.254 e. The molecule has 1 aromatic carbocycles. The number of rotatable bonds is 7.